The van der Waals surface area contributed by atoms with Gasteiger partial charge < -0.3 is 5.73 Å². The minimum absolute atomic E-state index is 0.0134. The Hall–Kier alpha value is -2.05. The van der Waals surface area contributed by atoms with E-state index < -0.39 is 17.6 Å². The molecule has 0 fully saturated rings. The van der Waals surface area contributed by atoms with Gasteiger partial charge in [0.15, 0.2) is 0 Å². The first-order valence-corrected chi connectivity index (χ1v) is 4.95. The summed E-state index contributed by atoms with van der Waals surface area (Å²) in [7, 11) is 1.53. The first kappa shape index (κ1) is 12.4. The number of hydrogen-bond donors (Lipinski definition) is 1. The Morgan fingerprint density at radius 2 is 1.94 bits per heavy atom. The van der Waals surface area contributed by atoms with Gasteiger partial charge in [0, 0.05) is 12.6 Å². The van der Waals surface area contributed by atoms with Crippen molar-refractivity contribution in [2.75, 3.05) is 5.73 Å². The number of benzene rings is 1. The minimum atomic E-state index is -4.57. The van der Waals surface area contributed by atoms with Gasteiger partial charge in [-0.25, -0.2) is 4.39 Å². The molecule has 2 aromatic rings. The summed E-state index contributed by atoms with van der Waals surface area (Å²) in [5.74, 6) is -0.986. The lowest BCUT2D eigenvalue weighted by Crippen LogP contribution is -2.06. The van der Waals surface area contributed by atoms with E-state index in [2.05, 4.69) is 5.10 Å². The summed E-state index contributed by atoms with van der Waals surface area (Å²) in [6.45, 7) is 0. The summed E-state index contributed by atoms with van der Waals surface area (Å²) in [6, 6.07) is 2.30. The van der Waals surface area contributed by atoms with E-state index in [1.165, 1.54) is 17.9 Å². The summed E-state index contributed by atoms with van der Waals surface area (Å²) in [5, 5.41) is 3.81. The molecule has 96 valence electrons. The van der Waals surface area contributed by atoms with Gasteiger partial charge >= 0.3 is 6.18 Å². The third kappa shape index (κ3) is 2.03. The molecule has 3 nitrogen and oxygen atoms in total. The second-order valence-electron chi connectivity index (χ2n) is 3.76. The Morgan fingerprint density at radius 1 is 1.28 bits per heavy atom. The van der Waals surface area contributed by atoms with E-state index in [0.717, 1.165) is 12.1 Å². The van der Waals surface area contributed by atoms with Gasteiger partial charge in [0.05, 0.1) is 23.1 Å². The fraction of sp³-hybridized carbons (Fsp3) is 0.182. The molecule has 18 heavy (non-hydrogen) atoms. The highest BCUT2D eigenvalue weighted by atomic mass is 19.4. The van der Waals surface area contributed by atoms with Crippen LogP contribution in [0.5, 0.6) is 0 Å². The molecule has 1 aromatic heterocycles. The number of halogens is 4. The van der Waals surface area contributed by atoms with Crippen molar-refractivity contribution < 1.29 is 17.6 Å². The van der Waals surface area contributed by atoms with Gasteiger partial charge in [0.1, 0.15) is 5.82 Å². The van der Waals surface area contributed by atoms with E-state index in [-0.39, 0.29) is 16.9 Å². The van der Waals surface area contributed by atoms with Crippen LogP contribution in [0.1, 0.15) is 5.56 Å². The van der Waals surface area contributed by atoms with Crippen LogP contribution < -0.4 is 5.73 Å². The van der Waals surface area contributed by atoms with Gasteiger partial charge in [-0.2, -0.15) is 18.3 Å². The molecular weight excluding hydrogens is 250 g/mol. The first-order chi connectivity index (χ1) is 8.30. The summed E-state index contributed by atoms with van der Waals surface area (Å²) in [6.07, 6.45) is -3.26. The molecule has 0 saturated carbocycles. The zero-order valence-corrected chi connectivity index (χ0v) is 9.29. The highest BCUT2D eigenvalue weighted by Crippen LogP contribution is 2.34. The highest BCUT2D eigenvalue weighted by Gasteiger charge is 2.31. The van der Waals surface area contributed by atoms with Crippen LogP contribution in [-0.2, 0) is 13.2 Å². The Labute approximate surface area is 99.8 Å². The topological polar surface area (TPSA) is 43.8 Å². The minimum Gasteiger partial charge on any atom is -0.396 e. The monoisotopic (exact) mass is 259 g/mol. The van der Waals surface area contributed by atoms with Gasteiger partial charge in [0.2, 0.25) is 0 Å². The van der Waals surface area contributed by atoms with Crippen LogP contribution in [0.4, 0.5) is 23.2 Å². The number of nitrogens with two attached hydrogens (primary N) is 1. The van der Waals surface area contributed by atoms with E-state index in [1.807, 2.05) is 0 Å². The van der Waals surface area contributed by atoms with Crippen LogP contribution in [-0.4, -0.2) is 9.78 Å². The normalized spacial score (nSPS) is 11.8. The lowest BCUT2D eigenvalue weighted by atomic mass is 10.1. The Morgan fingerprint density at radius 3 is 2.39 bits per heavy atom. The Balaban J connectivity index is 2.55. The fourth-order valence-electron chi connectivity index (χ4n) is 1.67. The molecule has 2 N–H and O–H groups in total. The smallest absolute Gasteiger partial charge is 0.396 e. The van der Waals surface area contributed by atoms with E-state index in [0.29, 0.717) is 6.07 Å². The highest BCUT2D eigenvalue weighted by molar-refractivity contribution is 5.73. The number of nitrogen functional groups attached to an aromatic ring is 1. The summed E-state index contributed by atoms with van der Waals surface area (Å²) < 4.78 is 52.2. The largest absolute Gasteiger partial charge is 0.416 e. The lowest BCUT2D eigenvalue weighted by Gasteiger charge is -2.10. The summed E-state index contributed by atoms with van der Waals surface area (Å²) >= 11 is 0. The van der Waals surface area contributed by atoms with Crippen LogP contribution in [0.25, 0.3) is 11.3 Å². The number of alkyl halides is 3. The molecule has 0 saturated heterocycles. The molecule has 0 radical (unpaired) electrons. The van der Waals surface area contributed by atoms with Crippen molar-refractivity contribution in [3.05, 3.63) is 35.8 Å². The van der Waals surface area contributed by atoms with Gasteiger partial charge in [-0.15, -0.1) is 0 Å². The number of rotatable bonds is 1. The first-order valence-electron chi connectivity index (χ1n) is 4.95. The van der Waals surface area contributed by atoms with Crippen molar-refractivity contribution in [1.29, 1.82) is 0 Å². The molecule has 0 spiro atoms. The molecule has 1 aromatic carbocycles. The maximum atomic E-state index is 13.7. The van der Waals surface area contributed by atoms with Crippen molar-refractivity contribution in [2.45, 2.75) is 6.18 Å². The molecule has 0 atom stereocenters. The zero-order valence-electron chi connectivity index (χ0n) is 9.29. The average molecular weight is 259 g/mol. The van der Waals surface area contributed by atoms with Gasteiger partial charge in [-0.3, -0.25) is 4.68 Å². The van der Waals surface area contributed by atoms with Gasteiger partial charge in [-0.05, 0) is 18.2 Å². The number of aromatic nitrogens is 2. The molecule has 0 unspecified atom stereocenters. The number of hydrogen-bond acceptors (Lipinski definition) is 2. The van der Waals surface area contributed by atoms with E-state index in [1.54, 1.807) is 0 Å². The molecule has 7 heteroatoms. The molecule has 1 heterocycles. The summed E-state index contributed by atoms with van der Waals surface area (Å²) in [5.41, 5.74) is 5.00. The molecule has 0 aliphatic heterocycles. The predicted octanol–water partition coefficient (Wildman–Crippen LogP) is 2.83. The fourth-order valence-corrected chi connectivity index (χ4v) is 1.67. The Kier molecular flexibility index (Phi) is 2.76. The number of anilines is 1. The van der Waals surface area contributed by atoms with Crippen molar-refractivity contribution in [2.24, 2.45) is 7.05 Å². The molecule has 0 amide bonds. The molecule has 0 aliphatic carbocycles. The zero-order chi connectivity index (χ0) is 13.5. The third-order valence-corrected chi connectivity index (χ3v) is 2.52. The molecule has 2 rings (SSSR count). The van der Waals surface area contributed by atoms with E-state index >= 15 is 0 Å². The maximum Gasteiger partial charge on any atom is 0.416 e. The van der Waals surface area contributed by atoms with E-state index in [9.17, 15) is 17.6 Å². The molecular formula is C11H9F4N3. The predicted molar refractivity (Wildman–Crippen MR) is 58.0 cm³/mol. The third-order valence-electron chi connectivity index (χ3n) is 2.52. The second-order valence-corrected chi connectivity index (χ2v) is 3.76. The SMILES string of the molecule is Cn1ncc(N)c1-c1ccc(C(F)(F)F)cc1F. The van der Waals surface area contributed by atoms with Crippen molar-refractivity contribution in [3.8, 4) is 11.3 Å². The standard InChI is InChI=1S/C11H9F4N3/c1-18-10(9(16)5-17-18)7-3-2-6(4-8(7)12)11(13,14)15/h2-5H,16H2,1H3. The molecule has 0 bridgehead atoms. The van der Waals surface area contributed by atoms with Crippen LogP contribution in [0, 0.1) is 5.82 Å². The van der Waals surface area contributed by atoms with Crippen LogP contribution >= 0.6 is 0 Å². The van der Waals surface area contributed by atoms with Crippen LogP contribution in [0.15, 0.2) is 24.4 Å². The maximum absolute atomic E-state index is 13.7. The van der Waals surface area contributed by atoms with Crippen molar-refractivity contribution >= 4 is 5.69 Å². The second kappa shape index (κ2) is 4.01. The van der Waals surface area contributed by atoms with Crippen LogP contribution in [0.3, 0.4) is 0 Å². The van der Waals surface area contributed by atoms with Crippen molar-refractivity contribution in [1.82, 2.24) is 9.78 Å². The average Bonchev–Trinajstić information content (AvgIpc) is 2.58. The summed E-state index contributed by atoms with van der Waals surface area (Å²) in [4.78, 5) is 0. The number of aryl methyl sites for hydroxylation is 1. The van der Waals surface area contributed by atoms with Gasteiger partial charge in [0.25, 0.3) is 0 Å². The lowest BCUT2D eigenvalue weighted by molar-refractivity contribution is -0.137. The van der Waals surface area contributed by atoms with Gasteiger partial charge in [-0.1, -0.05) is 0 Å². The van der Waals surface area contributed by atoms with Crippen LogP contribution in [0.2, 0.25) is 0 Å². The quantitative estimate of drug-likeness (QED) is 0.800. The Bertz CT molecular complexity index is 567. The number of nitrogens with zero attached hydrogens (tertiary/aromatic N) is 2. The van der Waals surface area contributed by atoms with E-state index in [4.69, 9.17) is 5.73 Å². The van der Waals surface area contributed by atoms with Crippen molar-refractivity contribution in [3.63, 3.8) is 0 Å². The molecule has 0 aliphatic rings.